The van der Waals surface area contributed by atoms with Gasteiger partial charge in [0, 0.05) is 13.2 Å². The second-order valence-electron chi connectivity index (χ2n) is 4.25. The minimum Gasteiger partial charge on any atom is -0.495 e. The van der Waals surface area contributed by atoms with Crippen LogP contribution in [-0.4, -0.2) is 39.3 Å². The fourth-order valence-electron chi connectivity index (χ4n) is 1.78. The minimum atomic E-state index is 0.685. The molecule has 0 aliphatic heterocycles. The van der Waals surface area contributed by atoms with E-state index in [0.717, 1.165) is 25.4 Å². The average molecular weight is 257 g/mol. The summed E-state index contributed by atoms with van der Waals surface area (Å²) < 4.78 is 5.19. The van der Waals surface area contributed by atoms with Gasteiger partial charge < -0.3 is 10.1 Å². The molecule has 0 aliphatic carbocycles. The lowest BCUT2D eigenvalue weighted by atomic mass is 10.1. The van der Waals surface area contributed by atoms with E-state index in [4.69, 9.17) is 16.3 Å². The van der Waals surface area contributed by atoms with Crippen LogP contribution in [-0.2, 0) is 6.42 Å². The summed E-state index contributed by atoms with van der Waals surface area (Å²) in [6, 6.07) is 4.00. The molecule has 1 aromatic carbocycles. The Kier molecular flexibility index (Phi) is 5.75. The van der Waals surface area contributed by atoms with E-state index >= 15 is 0 Å². The predicted octanol–water partition coefficient (Wildman–Crippen LogP) is 2.31. The van der Waals surface area contributed by atoms with Crippen molar-refractivity contribution in [3.05, 3.63) is 28.3 Å². The van der Waals surface area contributed by atoms with Crippen molar-refractivity contribution >= 4 is 11.6 Å². The highest BCUT2D eigenvalue weighted by atomic mass is 35.5. The fraction of sp³-hybridized carbons (Fsp3) is 0.538. The van der Waals surface area contributed by atoms with Gasteiger partial charge in [0.15, 0.2) is 0 Å². The number of likely N-dealkylation sites (N-methyl/N-ethyl adjacent to an activating group) is 1. The lowest BCUT2D eigenvalue weighted by Gasteiger charge is -2.17. The third-order valence-electron chi connectivity index (χ3n) is 2.80. The normalized spacial score (nSPS) is 10.9. The van der Waals surface area contributed by atoms with Crippen molar-refractivity contribution in [1.29, 1.82) is 0 Å². The summed E-state index contributed by atoms with van der Waals surface area (Å²) in [6.45, 7) is 3.99. The summed E-state index contributed by atoms with van der Waals surface area (Å²) >= 11 is 6.13. The Hall–Kier alpha value is -0.770. The van der Waals surface area contributed by atoms with E-state index in [1.807, 2.05) is 19.2 Å². The SMILES string of the molecule is CNCN(C)CCc1cc(Cl)c(OC)cc1C. The third kappa shape index (κ3) is 4.19. The molecule has 0 spiro atoms. The summed E-state index contributed by atoms with van der Waals surface area (Å²) in [4.78, 5) is 2.23. The maximum Gasteiger partial charge on any atom is 0.137 e. The molecule has 3 nitrogen and oxygen atoms in total. The molecule has 0 heterocycles. The molecule has 0 aromatic heterocycles. The molecule has 0 radical (unpaired) electrons. The molecule has 1 N–H and O–H groups in total. The summed E-state index contributed by atoms with van der Waals surface area (Å²) in [7, 11) is 5.68. The number of methoxy groups -OCH3 is 1. The fourth-order valence-corrected chi connectivity index (χ4v) is 2.05. The Balaban J connectivity index is 2.68. The van der Waals surface area contributed by atoms with Gasteiger partial charge in [-0.25, -0.2) is 0 Å². The van der Waals surface area contributed by atoms with Gasteiger partial charge in [-0.3, -0.25) is 4.90 Å². The average Bonchev–Trinajstić information content (AvgIpc) is 2.30. The molecule has 1 rings (SSSR count). The number of nitrogens with zero attached hydrogens (tertiary/aromatic N) is 1. The number of nitrogens with one attached hydrogen (secondary N) is 1. The molecule has 0 fully saturated rings. The van der Waals surface area contributed by atoms with Gasteiger partial charge in [0.2, 0.25) is 0 Å². The van der Waals surface area contributed by atoms with Gasteiger partial charge in [-0.1, -0.05) is 11.6 Å². The zero-order chi connectivity index (χ0) is 12.8. The van der Waals surface area contributed by atoms with Crippen LogP contribution in [0.1, 0.15) is 11.1 Å². The largest absolute Gasteiger partial charge is 0.495 e. The van der Waals surface area contributed by atoms with Crippen molar-refractivity contribution in [3.8, 4) is 5.75 Å². The highest BCUT2D eigenvalue weighted by molar-refractivity contribution is 6.32. The molecule has 0 bridgehead atoms. The zero-order valence-corrected chi connectivity index (χ0v) is 11.8. The summed E-state index contributed by atoms with van der Waals surface area (Å²) in [5.41, 5.74) is 2.50. The number of rotatable bonds is 6. The molecule has 0 amide bonds. The lowest BCUT2D eigenvalue weighted by molar-refractivity contribution is 0.321. The topological polar surface area (TPSA) is 24.5 Å². The first-order valence-corrected chi connectivity index (χ1v) is 6.12. The highest BCUT2D eigenvalue weighted by Gasteiger charge is 2.07. The van der Waals surface area contributed by atoms with Gasteiger partial charge >= 0.3 is 0 Å². The standard InChI is InChI=1S/C13H21ClN2O/c1-10-7-13(17-4)12(14)8-11(10)5-6-16(3)9-15-2/h7-8,15H,5-6,9H2,1-4H3. The van der Waals surface area contributed by atoms with Gasteiger partial charge in [-0.15, -0.1) is 0 Å². The van der Waals surface area contributed by atoms with Crippen LogP contribution in [0, 0.1) is 6.92 Å². The first-order chi connectivity index (χ1) is 8.08. The molecule has 17 heavy (non-hydrogen) atoms. The first-order valence-electron chi connectivity index (χ1n) is 5.74. The molecular formula is C13H21ClN2O. The van der Waals surface area contributed by atoms with E-state index in [1.54, 1.807) is 7.11 Å². The van der Waals surface area contributed by atoms with Gasteiger partial charge in [0.25, 0.3) is 0 Å². The monoisotopic (exact) mass is 256 g/mol. The third-order valence-corrected chi connectivity index (χ3v) is 3.10. The van der Waals surface area contributed by atoms with Crippen molar-refractivity contribution in [2.45, 2.75) is 13.3 Å². The number of hydrogen-bond donors (Lipinski definition) is 1. The van der Waals surface area contributed by atoms with Gasteiger partial charge in [0.05, 0.1) is 12.1 Å². The van der Waals surface area contributed by atoms with Crippen LogP contribution in [0.3, 0.4) is 0 Å². The van der Waals surface area contributed by atoms with Gasteiger partial charge in [-0.05, 0) is 50.7 Å². The molecule has 0 saturated carbocycles. The van der Waals surface area contributed by atoms with Crippen LogP contribution in [0.25, 0.3) is 0 Å². The first kappa shape index (κ1) is 14.3. The second-order valence-corrected chi connectivity index (χ2v) is 4.66. The Morgan fingerprint density at radius 1 is 1.41 bits per heavy atom. The Bertz CT molecular complexity index is 369. The van der Waals surface area contributed by atoms with E-state index in [2.05, 4.69) is 24.2 Å². The molecule has 96 valence electrons. The number of halogens is 1. The van der Waals surface area contributed by atoms with Crippen molar-refractivity contribution in [1.82, 2.24) is 10.2 Å². The van der Waals surface area contributed by atoms with Crippen LogP contribution < -0.4 is 10.1 Å². The molecular weight excluding hydrogens is 236 g/mol. The molecule has 0 unspecified atom stereocenters. The van der Waals surface area contributed by atoms with Crippen molar-refractivity contribution in [2.24, 2.45) is 0 Å². The molecule has 4 heteroatoms. The summed E-state index contributed by atoms with van der Waals surface area (Å²) in [5, 5.41) is 3.81. The number of hydrogen-bond acceptors (Lipinski definition) is 3. The molecule has 1 aromatic rings. The van der Waals surface area contributed by atoms with E-state index in [1.165, 1.54) is 11.1 Å². The Morgan fingerprint density at radius 3 is 2.71 bits per heavy atom. The van der Waals surface area contributed by atoms with Crippen molar-refractivity contribution in [2.75, 3.05) is 34.4 Å². The maximum absolute atomic E-state index is 6.13. The van der Waals surface area contributed by atoms with E-state index in [9.17, 15) is 0 Å². The highest BCUT2D eigenvalue weighted by Crippen LogP contribution is 2.28. The Labute approximate surface area is 109 Å². The van der Waals surface area contributed by atoms with Crippen molar-refractivity contribution in [3.63, 3.8) is 0 Å². The van der Waals surface area contributed by atoms with Crippen molar-refractivity contribution < 1.29 is 4.74 Å². The zero-order valence-electron chi connectivity index (χ0n) is 11.0. The summed E-state index contributed by atoms with van der Waals surface area (Å²) in [6.07, 6.45) is 0.994. The quantitative estimate of drug-likeness (QED) is 0.791. The van der Waals surface area contributed by atoms with E-state index < -0.39 is 0 Å². The number of aryl methyl sites for hydroxylation is 1. The van der Waals surface area contributed by atoms with Crippen LogP contribution >= 0.6 is 11.6 Å². The van der Waals surface area contributed by atoms with E-state index in [-0.39, 0.29) is 0 Å². The van der Waals surface area contributed by atoms with Crippen LogP contribution in [0.15, 0.2) is 12.1 Å². The molecule has 0 atom stereocenters. The lowest BCUT2D eigenvalue weighted by Crippen LogP contribution is -2.30. The van der Waals surface area contributed by atoms with E-state index in [0.29, 0.717) is 5.02 Å². The van der Waals surface area contributed by atoms with Crippen LogP contribution in [0.5, 0.6) is 5.75 Å². The molecule has 0 aliphatic rings. The predicted molar refractivity (Wildman–Crippen MR) is 73.0 cm³/mol. The molecule has 0 saturated heterocycles. The van der Waals surface area contributed by atoms with Gasteiger partial charge in [0.1, 0.15) is 5.75 Å². The summed E-state index contributed by atoms with van der Waals surface area (Å²) in [5.74, 6) is 0.747. The minimum absolute atomic E-state index is 0.685. The van der Waals surface area contributed by atoms with Gasteiger partial charge in [-0.2, -0.15) is 0 Å². The maximum atomic E-state index is 6.13. The second kappa shape index (κ2) is 6.84. The van der Waals surface area contributed by atoms with Crippen LogP contribution in [0.2, 0.25) is 5.02 Å². The Morgan fingerprint density at radius 2 is 2.12 bits per heavy atom. The smallest absolute Gasteiger partial charge is 0.137 e. The number of benzene rings is 1. The van der Waals surface area contributed by atoms with Crippen LogP contribution in [0.4, 0.5) is 0 Å². The number of ether oxygens (including phenoxy) is 1.